The number of amides is 1. The molecule has 1 saturated carbocycles. The Morgan fingerprint density at radius 2 is 2.00 bits per heavy atom. The van der Waals surface area contributed by atoms with Crippen LogP contribution in [0.2, 0.25) is 0 Å². The second-order valence-electron chi connectivity index (χ2n) is 5.85. The van der Waals surface area contributed by atoms with E-state index in [1.54, 1.807) is 0 Å². The Morgan fingerprint density at radius 3 is 2.50 bits per heavy atom. The molecule has 1 aliphatic carbocycles. The van der Waals surface area contributed by atoms with E-state index >= 15 is 0 Å². The first-order chi connectivity index (χ1) is 8.60. The van der Waals surface area contributed by atoms with Crippen molar-refractivity contribution in [3.63, 3.8) is 0 Å². The predicted octanol–water partition coefficient (Wildman–Crippen LogP) is 2.79. The van der Waals surface area contributed by atoms with E-state index in [0.29, 0.717) is 24.3 Å². The van der Waals surface area contributed by atoms with Crippen LogP contribution in [0.5, 0.6) is 0 Å². The molecular weight excluding hydrogens is 224 g/mol. The molecule has 1 rings (SSSR count). The van der Waals surface area contributed by atoms with Gasteiger partial charge >= 0.3 is 0 Å². The molecule has 2 atom stereocenters. The molecule has 0 aromatic heterocycles. The third kappa shape index (κ3) is 4.97. The lowest BCUT2D eigenvalue weighted by atomic mass is 9.94. The zero-order valence-corrected chi connectivity index (χ0v) is 12.3. The topological polar surface area (TPSA) is 46.3 Å². The van der Waals surface area contributed by atoms with Crippen molar-refractivity contribution in [3.05, 3.63) is 0 Å². The van der Waals surface area contributed by atoms with E-state index < -0.39 is 0 Å². The molecule has 0 saturated heterocycles. The van der Waals surface area contributed by atoms with Crippen LogP contribution in [-0.4, -0.2) is 30.4 Å². The molecule has 0 bridgehead atoms. The van der Waals surface area contributed by atoms with Gasteiger partial charge in [0.25, 0.3) is 0 Å². The van der Waals surface area contributed by atoms with Crippen molar-refractivity contribution in [1.29, 1.82) is 0 Å². The highest BCUT2D eigenvalue weighted by Crippen LogP contribution is 2.35. The van der Waals surface area contributed by atoms with Crippen LogP contribution in [0.4, 0.5) is 0 Å². The van der Waals surface area contributed by atoms with Gasteiger partial charge in [-0.1, -0.05) is 19.8 Å². The van der Waals surface area contributed by atoms with Gasteiger partial charge < -0.3 is 10.6 Å². The minimum absolute atomic E-state index is 0.313. The van der Waals surface area contributed by atoms with Gasteiger partial charge in [0.05, 0.1) is 0 Å². The number of nitrogens with two attached hydrogens (primary N) is 1. The molecule has 0 aromatic rings. The molecule has 106 valence electrons. The average Bonchev–Trinajstić information content (AvgIpc) is 3.18. The van der Waals surface area contributed by atoms with Crippen molar-refractivity contribution >= 4 is 5.91 Å². The fourth-order valence-electron chi connectivity index (χ4n) is 2.70. The lowest BCUT2D eigenvalue weighted by Crippen LogP contribution is -2.36. The van der Waals surface area contributed by atoms with Crippen molar-refractivity contribution in [2.75, 3.05) is 13.6 Å². The summed E-state index contributed by atoms with van der Waals surface area (Å²) in [6, 6.07) is 0.427. The summed E-state index contributed by atoms with van der Waals surface area (Å²) in [6.07, 6.45) is 7.74. The Labute approximate surface area is 112 Å². The molecule has 0 heterocycles. The van der Waals surface area contributed by atoms with E-state index in [1.165, 1.54) is 25.7 Å². The highest BCUT2D eigenvalue weighted by atomic mass is 16.2. The first-order valence-electron chi connectivity index (χ1n) is 7.55. The minimum Gasteiger partial charge on any atom is -0.343 e. The lowest BCUT2D eigenvalue weighted by Gasteiger charge is -2.26. The lowest BCUT2D eigenvalue weighted by molar-refractivity contribution is -0.132. The fraction of sp³-hybridized carbons (Fsp3) is 0.933. The van der Waals surface area contributed by atoms with Gasteiger partial charge in [-0.2, -0.15) is 0 Å². The van der Waals surface area contributed by atoms with Crippen LogP contribution in [0, 0.1) is 11.8 Å². The Kier molecular flexibility index (Phi) is 6.69. The smallest absolute Gasteiger partial charge is 0.222 e. The summed E-state index contributed by atoms with van der Waals surface area (Å²) in [5.74, 6) is 1.70. The highest BCUT2D eigenvalue weighted by molar-refractivity contribution is 5.76. The maximum absolute atomic E-state index is 12.1. The molecule has 0 aromatic carbocycles. The molecule has 0 radical (unpaired) electrons. The number of rotatable bonds is 9. The van der Waals surface area contributed by atoms with E-state index in [4.69, 9.17) is 5.73 Å². The predicted molar refractivity (Wildman–Crippen MR) is 76.3 cm³/mol. The van der Waals surface area contributed by atoms with Crippen molar-refractivity contribution < 1.29 is 4.79 Å². The maximum Gasteiger partial charge on any atom is 0.222 e. The van der Waals surface area contributed by atoms with Gasteiger partial charge in [0.2, 0.25) is 5.91 Å². The number of nitrogens with zero attached hydrogens (tertiary/aromatic N) is 1. The van der Waals surface area contributed by atoms with E-state index in [1.807, 2.05) is 11.9 Å². The van der Waals surface area contributed by atoms with Gasteiger partial charge in [0.1, 0.15) is 0 Å². The standard InChI is InChI=1S/C15H30N2O/c1-4-5-13(10-11-16)6-9-15(18)17(3)12(2)14-7-8-14/h12-14H,4-11,16H2,1-3H3. The number of carbonyl (C=O) groups is 1. The molecule has 2 unspecified atom stereocenters. The summed E-state index contributed by atoms with van der Waals surface area (Å²) in [5, 5.41) is 0. The summed E-state index contributed by atoms with van der Waals surface area (Å²) in [5.41, 5.74) is 5.63. The summed E-state index contributed by atoms with van der Waals surface area (Å²) in [7, 11) is 1.96. The van der Waals surface area contributed by atoms with Crippen LogP contribution in [0.25, 0.3) is 0 Å². The molecule has 3 heteroatoms. The first-order valence-corrected chi connectivity index (χ1v) is 7.55. The van der Waals surface area contributed by atoms with E-state index in [9.17, 15) is 4.79 Å². The molecular formula is C15H30N2O. The average molecular weight is 254 g/mol. The Balaban J connectivity index is 2.28. The second kappa shape index (κ2) is 7.78. The summed E-state index contributed by atoms with van der Waals surface area (Å²) < 4.78 is 0. The number of carbonyl (C=O) groups excluding carboxylic acids is 1. The SMILES string of the molecule is CCCC(CCN)CCC(=O)N(C)C(C)C1CC1. The quantitative estimate of drug-likeness (QED) is 0.687. The Bertz CT molecular complexity index is 245. The number of hydrogen-bond donors (Lipinski definition) is 1. The van der Waals surface area contributed by atoms with Crippen molar-refractivity contribution in [3.8, 4) is 0 Å². The molecule has 2 N–H and O–H groups in total. The van der Waals surface area contributed by atoms with E-state index in [2.05, 4.69) is 13.8 Å². The summed E-state index contributed by atoms with van der Waals surface area (Å²) in [6.45, 7) is 5.12. The molecule has 1 fully saturated rings. The second-order valence-corrected chi connectivity index (χ2v) is 5.85. The van der Waals surface area contributed by atoms with Gasteiger partial charge in [-0.05, 0) is 51.0 Å². The van der Waals surface area contributed by atoms with Gasteiger partial charge in [0, 0.05) is 19.5 Å². The molecule has 18 heavy (non-hydrogen) atoms. The summed E-state index contributed by atoms with van der Waals surface area (Å²) >= 11 is 0. The molecule has 3 nitrogen and oxygen atoms in total. The van der Waals surface area contributed by atoms with Gasteiger partial charge in [-0.15, -0.1) is 0 Å². The first kappa shape index (κ1) is 15.5. The third-order valence-electron chi connectivity index (χ3n) is 4.35. The fourth-order valence-corrected chi connectivity index (χ4v) is 2.70. The van der Waals surface area contributed by atoms with Crippen LogP contribution >= 0.6 is 0 Å². The van der Waals surface area contributed by atoms with Gasteiger partial charge in [0.15, 0.2) is 0 Å². The monoisotopic (exact) mass is 254 g/mol. The van der Waals surface area contributed by atoms with Crippen LogP contribution in [0.1, 0.15) is 58.8 Å². The third-order valence-corrected chi connectivity index (χ3v) is 4.35. The molecule has 1 aliphatic rings. The van der Waals surface area contributed by atoms with Crippen molar-refractivity contribution in [1.82, 2.24) is 4.90 Å². The zero-order chi connectivity index (χ0) is 13.5. The minimum atomic E-state index is 0.313. The van der Waals surface area contributed by atoms with Crippen LogP contribution in [0.3, 0.4) is 0 Å². The van der Waals surface area contributed by atoms with E-state index in [0.717, 1.165) is 25.3 Å². The Morgan fingerprint density at radius 1 is 1.33 bits per heavy atom. The van der Waals surface area contributed by atoms with Crippen molar-refractivity contribution in [2.45, 2.75) is 64.8 Å². The number of hydrogen-bond acceptors (Lipinski definition) is 2. The van der Waals surface area contributed by atoms with Crippen LogP contribution in [0.15, 0.2) is 0 Å². The normalized spacial score (nSPS) is 18.4. The van der Waals surface area contributed by atoms with E-state index in [-0.39, 0.29) is 0 Å². The van der Waals surface area contributed by atoms with Crippen LogP contribution in [-0.2, 0) is 4.79 Å². The maximum atomic E-state index is 12.1. The molecule has 1 amide bonds. The Hall–Kier alpha value is -0.570. The highest BCUT2D eigenvalue weighted by Gasteiger charge is 2.32. The summed E-state index contributed by atoms with van der Waals surface area (Å²) in [4.78, 5) is 14.1. The van der Waals surface area contributed by atoms with Gasteiger partial charge in [-0.25, -0.2) is 0 Å². The molecule has 0 aliphatic heterocycles. The van der Waals surface area contributed by atoms with Crippen LogP contribution < -0.4 is 5.73 Å². The molecule has 0 spiro atoms. The zero-order valence-electron chi connectivity index (χ0n) is 12.3. The van der Waals surface area contributed by atoms with Gasteiger partial charge in [-0.3, -0.25) is 4.79 Å². The van der Waals surface area contributed by atoms with Crippen molar-refractivity contribution in [2.24, 2.45) is 17.6 Å². The largest absolute Gasteiger partial charge is 0.343 e.